The minimum Gasteiger partial charge on any atom is -0.390 e. The second-order valence-electron chi connectivity index (χ2n) is 9.23. The zero-order valence-corrected chi connectivity index (χ0v) is 24.8. The molecule has 1 N–H and O–H groups in total. The maximum atomic E-state index is 13.4. The van der Waals surface area contributed by atoms with Crippen LogP contribution < -0.4 is 0 Å². The van der Waals surface area contributed by atoms with Gasteiger partial charge in [-0.1, -0.05) is 50.1 Å². The molecule has 8 nitrogen and oxygen atoms in total. The first kappa shape index (κ1) is 32.3. The van der Waals surface area contributed by atoms with Crippen LogP contribution in [0.4, 0.5) is 4.39 Å². The topological polar surface area (TPSA) is 104 Å². The van der Waals surface area contributed by atoms with Crippen molar-refractivity contribution in [3.8, 4) is 0 Å². The fourth-order valence-electron chi connectivity index (χ4n) is 3.80. The van der Waals surface area contributed by atoms with Crippen LogP contribution in [0.3, 0.4) is 0 Å². The first-order chi connectivity index (χ1) is 18.5. The molecule has 0 aliphatic heterocycles. The van der Waals surface area contributed by atoms with Gasteiger partial charge in [0.15, 0.2) is 10.8 Å². The predicted molar refractivity (Wildman–Crippen MR) is 154 cm³/mol. The Morgan fingerprint density at radius 2 is 1.85 bits per heavy atom. The number of allylic oxidation sites excluding steroid dienone is 6. The minimum absolute atomic E-state index is 0.0901. The average molecular weight is 579 g/mol. The summed E-state index contributed by atoms with van der Waals surface area (Å²) in [5.41, 5.74) is 0.330. The van der Waals surface area contributed by atoms with Crippen LogP contribution in [0.1, 0.15) is 73.0 Å². The normalized spacial score (nSPS) is 14.4. The number of carbonyl (C=O) groups is 3. The lowest BCUT2D eigenvalue weighted by atomic mass is 9.88. The summed E-state index contributed by atoms with van der Waals surface area (Å²) in [6.07, 6.45) is 8.82. The second-order valence-corrected chi connectivity index (χ2v) is 10.5. The van der Waals surface area contributed by atoms with Gasteiger partial charge in [0, 0.05) is 33.1 Å². The fourth-order valence-corrected chi connectivity index (χ4v) is 4.87. The van der Waals surface area contributed by atoms with E-state index in [1.165, 1.54) is 36.0 Å². The summed E-state index contributed by atoms with van der Waals surface area (Å²) in [5, 5.41) is 12.6. The van der Waals surface area contributed by atoms with Crippen LogP contribution in [-0.2, 0) is 4.79 Å². The first-order valence-electron chi connectivity index (χ1n) is 12.9. The summed E-state index contributed by atoms with van der Waals surface area (Å²) >= 11 is 7.27. The van der Waals surface area contributed by atoms with Crippen LogP contribution in [-0.4, -0.2) is 75.8 Å². The Morgan fingerprint density at radius 1 is 1.15 bits per heavy atom. The van der Waals surface area contributed by atoms with E-state index in [0.29, 0.717) is 37.6 Å². The predicted octanol–water partition coefficient (Wildman–Crippen LogP) is 5.76. The van der Waals surface area contributed by atoms with Crippen LogP contribution in [0, 0.1) is 0 Å². The average Bonchev–Trinajstić information content (AvgIpc) is 3.22. The summed E-state index contributed by atoms with van der Waals surface area (Å²) < 4.78 is 13.4. The molecule has 0 fully saturated rings. The number of ketones is 1. The third-order valence-corrected chi connectivity index (χ3v) is 7.58. The molecule has 0 radical (unpaired) electrons. The zero-order valence-electron chi connectivity index (χ0n) is 23.3. The first-order valence-corrected chi connectivity index (χ1v) is 14.1. The summed E-state index contributed by atoms with van der Waals surface area (Å²) in [7, 11) is 4.52. The van der Waals surface area contributed by atoms with Gasteiger partial charge in [0.1, 0.15) is 21.7 Å². The van der Waals surface area contributed by atoms with E-state index in [1.807, 2.05) is 20.8 Å². The van der Waals surface area contributed by atoms with Gasteiger partial charge in [-0.25, -0.2) is 14.4 Å². The van der Waals surface area contributed by atoms with Gasteiger partial charge in [0.2, 0.25) is 0 Å². The number of aromatic nitrogens is 2. The van der Waals surface area contributed by atoms with E-state index in [9.17, 15) is 23.9 Å². The molecular weight excluding hydrogens is 543 g/mol. The Bertz CT molecular complexity index is 1300. The molecule has 0 saturated heterocycles. The number of hydrogen-bond acceptors (Lipinski definition) is 7. The van der Waals surface area contributed by atoms with Gasteiger partial charge < -0.3 is 14.9 Å². The molecule has 0 aromatic carbocycles. The van der Waals surface area contributed by atoms with Gasteiger partial charge in [0.05, 0.1) is 5.60 Å². The van der Waals surface area contributed by atoms with Gasteiger partial charge in [-0.2, -0.15) is 0 Å². The lowest BCUT2D eigenvalue weighted by Crippen LogP contribution is -2.36. The number of halogens is 2. The highest BCUT2D eigenvalue weighted by Crippen LogP contribution is 2.29. The Labute approximate surface area is 237 Å². The van der Waals surface area contributed by atoms with Gasteiger partial charge in [-0.05, 0) is 44.3 Å². The maximum Gasteiger partial charge on any atom is 0.295 e. The van der Waals surface area contributed by atoms with Crippen LogP contribution in [0.2, 0.25) is 5.15 Å². The van der Waals surface area contributed by atoms with Gasteiger partial charge in [-0.15, -0.1) is 11.3 Å². The minimum atomic E-state index is -1.02. The van der Waals surface area contributed by atoms with E-state index >= 15 is 0 Å². The van der Waals surface area contributed by atoms with Crippen molar-refractivity contribution >= 4 is 51.6 Å². The summed E-state index contributed by atoms with van der Waals surface area (Å²) in [6, 6.07) is 0. The molecule has 1 aliphatic carbocycles. The molecule has 2 heterocycles. The van der Waals surface area contributed by atoms with Gasteiger partial charge >= 0.3 is 0 Å². The number of Topliss-reactive ketones (excluding diaryl/α,β-unsaturated/α-hetero) is 1. The van der Waals surface area contributed by atoms with Gasteiger partial charge in [-0.3, -0.25) is 14.4 Å². The fraction of sp³-hybridized carbons (Fsp3) is 0.464. The maximum absolute atomic E-state index is 13.4. The third kappa shape index (κ3) is 8.27. The molecule has 2 aromatic heterocycles. The lowest BCUT2D eigenvalue weighted by Gasteiger charge is -2.29. The second kappa shape index (κ2) is 14.4. The number of amides is 2. The molecule has 11 heteroatoms. The number of aliphatic hydroxyl groups is 1. The zero-order chi connectivity index (χ0) is 29.3. The Kier molecular flexibility index (Phi) is 11.9. The van der Waals surface area contributed by atoms with Crippen molar-refractivity contribution in [2.75, 3.05) is 27.7 Å². The molecule has 1 aliphatic rings. The Morgan fingerprint density at radius 3 is 2.49 bits per heavy atom. The number of thiophene rings is 1. The highest BCUT2D eigenvalue weighted by Gasteiger charge is 2.29. The summed E-state index contributed by atoms with van der Waals surface area (Å²) in [6.45, 7) is 6.10. The molecule has 1 unspecified atom stereocenters. The highest BCUT2D eigenvalue weighted by atomic mass is 35.5. The molecule has 1 atom stereocenters. The van der Waals surface area contributed by atoms with Crippen molar-refractivity contribution in [1.82, 2.24) is 19.8 Å². The van der Waals surface area contributed by atoms with Gasteiger partial charge in [0.25, 0.3) is 17.6 Å². The number of likely N-dealkylation sites (N-methyl/N-ethyl adjacent to an activating group) is 1. The van der Waals surface area contributed by atoms with E-state index in [0.717, 1.165) is 16.9 Å². The van der Waals surface area contributed by atoms with Crippen molar-refractivity contribution in [3.05, 3.63) is 56.8 Å². The molecule has 0 saturated carbocycles. The molecule has 0 spiro atoms. The molecular formula is C28H36ClFN4O4S. The van der Waals surface area contributed by atoms with E-state index < -0.39 is 23.2 Å². The van der Waals surface area contributed by atoms with E-state index in [1.54, 1.807) is 24.6 Å². The number of rotatable bonds is 10. The molecule has 0 bridgehead atoms. The quantitative estimate of drug-likeness (QED) is 0.284. The molecule has 212 valence electrons. The lowest BCUT2D eigenvalue weighted by molar-refractivity contribution is -0.124. The van der Waals surface area contributed by atoms with Crippen LogP contribution in [0.15, 0.2) is 41.1 Å². The van der Waals surface area contributed by atoms with E-state index in [2.05, 4.69) is 9.97 Å². The van der Waals surface area contributed by atoms with Crippen molar-refractivity contribution in [3.63, 3.8) is 0 Å². The monoisotopic (exact) mass is 578 g/mol. The van der Waals surface area contributed by atoms with Crippen LogP contribution in [0.25, 0.3) is 11.0 Å². The summed E-state index contributed by atoms with van der Waals surface area (Å²) in [5.74, 6) is -2.26. The molecule has 3 rings (SSSR count). The molecule has 2 aromatic rings. The Balaban J connectivity index is 0.00000260. The SMILES string of the molecule is CC.CCC(O)(CCC1=CC=C(F)C=CC1)CCN(C)C(=O)c1nc2c(C(=O)C(=O)N(C)C)scc2nc1Cl. The number of carbonyl (C=O) groups excluding carboxylic acids is 3. The molecule has 2 amide bonds. The van der Waals surface area contributed by atoms with Crippen LogP contribution in [0.5, 0.6) is 0 Å². The third-order valence-electron chi connectivity index (χ3n) is 6.36. The smallest absolute Gasteiger partial charge is 0.295 e. The van der Waals surface area contributed by atoms with Crippen molar-refractivity contribution in [2.45, 2.75) is 58.5 Å². The highest BCUT2D eigenvalue weighted by molar-refractivity contribution is 7.14. The van der Waals surface area contributed by atoms with Crippen molar-refractivity contribution in [1.29, 1.82) is 0 Å². The standard InChI is InChI=1S/C26H30ClFN4O4S.C2H6/c1-5-26(36,12-11-16-7-6-8-17(28)10-9-16)13-14-32(4)24(34)20-23(27)29-18-15-37-22(19(18)30-20)21(33)25(35)31(2)3;1-2/h6,8-10,15,36H,5,7,11-14H2,1-4H3;1-2H3. The summed E-state index contributed by atoms with van der Waals surface area (Å²) in [4.78, 5) is 49.1. The van der Waals surface area contributed by atoms with E-state index in [-0.39, 0.29) is 33.6 Å². The Hall–Kier alpha value is -2.95. The number of hydrogen-bond donors (Lipinski definition) is 1. The van der Waals surface area contributed by atoms with Crippen LogP contribution >= 0.6 is 22.9 Å². The van der Waals surface area contributed by atoms with E-state index in [4.69, 9.17) is 11.6 Å². The number of fused-ring (bicyclic) bond motifs is 1. The molecule has 39 heavy (non-hydrogen) atoms. The van der Waals surface area contributed by atoms with Crippen molar-refractivity contribution < 1.29 is 23.9 Å². The number of nitrogens with zero attached hydrogens (tertiary/aromatic N) is 4. The largest absolute Gasteiger partial charge is 0.390 e. The van der Waals surface area contributed by atoms with Crippen molar-refractivity contribution in [2.24, 2.45) is 0 Å².